The van der Waals surface area contributed by atoms with Crippen molar-refractivity contribution in [2.45, 2.75) is 11.8 Å². The first-order valence-corrected chi connectivity index (χ1v) is 7.38. The van der Waals surface area contributed by atoms with Gasteiger partial charge in [-0.2, -0.15) is 0 Å². The standard InChI is InChI=1S/C15H15FN2O2S/c1-9-8-10(16)6-7-11(9)20-12-4-3-5-13(21-2)14(12)15(17)18-19/h3-8,19H,1-2H3,(H2,17,18). The molecule has 0 bridgehead atoms. The first-order valence-electron chi connectivity index (χ1n) is 6.15. The molecule has 0 aliphatic heterocycles. The van der Waals surface area contributed by atoms with Crippen LogP contribution in [0.15, 0.2) is 46.4 Å². The minimum absolute atomic E-state index is 0.0327. The Balaban J connectivity index is 2.49. The van der Waals surface area contributed by atoms with Gasteiger partial charge >= 0.3 is 0 Å². The predicted molar refractivity (Wildman–Crippen MR) is 81.9 cm³/mol. The normalized spacial score (nSPS) is 11.5. The minimum atomic E-state index is -0.325. The highest BCUT2D eigenvalue weighted by atomic mass is 32.2. The smallest absolute Gasteiger partial charge is 0.175 e. The molecule has 4 nitrogen and oxygen atoms in total. The number of thioether (sulfide) groups is 1. The van der Waals surface area contributed by atoms with Gasteiger partial charge in [0.1, 0.15) is 17.3 Å². The van der Waals surface area contributed by atoms with Gasteiger partial charge in [-0.25, -0.2) is 4.39 Å². The van der Waals surface area contributed by atoms with E-state index in [1.165, 1.54) is 23.9 Å². The van der Waals surface area contributed by atoms with Crippen LogP contribution < -0.4 is 10.5 Å². The zero-order chi connectivity index (χ0) is 15.4. The maximum atomic E-state index is 13.1. The van der Waals surface area contributed by atoms with Crippen LogP contribution in [-0.4, -0.2) is 17.3 Å². The van der Waals surface area contributed by atoms with Crippen molar-refractivity contribution in [3.05, 3.63) is 53.3 Å². The molecule has 0 unspecified atom stereocenters. The molecular weight excluding hydrogens is 291 g/mol. The van der Waals surface area contributed by atoms with E-state index in [0.29, 0.717) is 22.6 Å². The second-order valence-electron chi connectivity index (χ2n) is 4.33. The molecule has 0 saturated heterocycles. The van der Waals surface area contributed by atoms with Gasteiger partial charge in [0.25, 0.3) is 0 Å². The molecule has 2 rings (SSSR count). The van der Waals surface area contributed by atoms with Crippen molar-refractivity contribution in [3.63, 3.8) is 0 Å². The molecule has 21 heavy (non-hydrogen) atoms. The summed E-state index contributed by atoms with van der Waals surface area (Å²) in [5.41, 5.74) is 6.91. The summed E-state index contributed by atoms with van der Waals surface area (Å²) >= 11 is 1.46. The molecule has 2 aromatic rings. The van der Waals surface area contributed by atoms with Gasteiger partial charge in [-0.15, -0.1) is 11.8 Å². The van der Waals surface area contributed by atoms with Crippen molar-refractivity contribution < 1.29 is 14.3 Å². The van der Waals surface area contributed by atoms with Crippen LogP contribution in [0.25, 0.3) is 0 Å². The number of nitrogens with zero attached hydrogens (tertiary/aromatic N) is 1. The largest absolute Gasteiger partial charge is 0.456 e. The zero-order valence-corrected chi connectivity index (χ0v) is 12.4. The summed E-state index contributed by atoms with van der Waals surface area (Å²) < 4.78 is 18.9. The molecule has 0 aliphatic rings. The number of oxime groups is 1. The van der Waals surface area contributed by atoms with Crippen LogP contribution in [0.3, 0.4) is 0 Å². The maximum Gasteiger partial charge on any atom is 0.175 e. The fourth-order valence-electron chi connectivity index (χ4n) is 1.91. The van der Waals surface area contributed by atoms with Gasteiger partial charge in [0.05, 0.1) is 5.56 Å². The third kappa shape index (κ3) is 3.28. The Morgan fingerprint density at radius 3 is 2.67 bits per heavy atom. The van der Waals surface area contributed by atoms with E-state index in [9.17, 15) is 4.39 Å². The van der Waals surface area contributed by atoms with Crippen molar-refractivity contribution >= 4 is 17.6 Å². The van der Waals surface area contributed by atoms with Crippen molar-refractivity contribution in [3.8, 4) is 11.5 Å². The molecule has 0 aliphatic carbocycles. The highest BCUT2D eigenvalue weighted by molar-refractivity contribution is 7.98. The van der Waals surface area contributed by atoms with Crippen molar-refractivity contribution in [2.75, 3.05) is 6.26 Å². The van der Waals surface area contributed by atoms with Crippen molar-refractivity contribution in [1.29, 1.82) is 0 Å². The van der Waals surface area contributed by atoms with Crippen LogP contribution in [0.4, 0.5) is 4.39 Å². The summed E-state index contributed by atoms with van der Waals surface area (Å²) in [6.07, 6.45) is 1.89. The molecule has 0 radical (unpaired) electrons. The average Bonchev–Trinajstić information content (AvgIpc) is 2.49. The SMILES string of the molecule is CSc1cccc(Oc2ccc(F)cc2C)c1/C(N)=N/O. The first kappa shape index (κ1) is 15.2. The Hall–Kier alpha value is -2.21. The Morgan fingerprint density at radius 1 is 1.29 bits per heavy atom. The van der Waals surface area contributed by atoms with E-state index in [0.717, 1.165) is 4.90 Å². The molecule has 6 heteroatoms. The van der Waals surface area contributed by atoms with E-state index < -0.39 is 0 Å². The Bertz CT molecular complexity index is 689. The predicted octanol–water partition coefficient (Wildman–Crippen LogP) is 3.74. The van der Waals surface area contributed by atoms with E-state index >= 15 is 0 Å². The van der Waals surface area contributed by atoms with Gasteiger partial charge in [0.15, 0.2) is 5.84 Å². The lowest BCUT2D eigenvalue weighted by atomic mass is 10.1. The number of hydrogen-bond donors (Lipinski definition) is 2. The third-order valence-corrected chi connectivity index (χ3v) is 3.71. The average molecular weight is 306 g/mol. The quantitative estimate of drug-likeness (QED) is 0.297. The molecular formula is C15H15FN2O2S. The van der Waals surface area contributed by atoms with Crippen molar-refractivity contribution in [2.24, 2.45) is 10.9 Å². The topological polar surface area (TPSA) is 67.8 Å². The van der Waals surface area contributed by atoms with Crippen molar-refractivity contribution in [1.82, 2.24) is 0 Å². The number of amidine groups is 1. The number of rotatable bonds is 4. The molecule has 0 spiro atoms. The summed E-state index contributed by atoms with van der Waals surface area (Å²) in [5.74, 6) is 0.609. The van der Waals surface area contributed by atoms with E-state index in [1.807, 2.05) is 18.4 Å². The van der Waals surface area contributed by atoms with Crippen LogP contribution in [0, 0.1) is 12.7 Å². The summed E-state index contributed by atoms with van der Waals surface area (Å²) in [6, 6.07) is 9.64. The molecule has 0 heterocycles. The summed E-state index contributed by atoms with van der Waals surface area (Å²) in [6.45, 7) is 1.75. The van der Waals surface area contributed by atoms with Crippen LogP contribution >= 0.6 is 11.8 Å². The fraction of sp³-hybridized carbons (Fsp3) is 0.133. The number of ether oxygens (including phenoxy) is 1. The number of benzene rings is 2. The van der Waals surface area contributed by atoms with Gasteiger partial charge in [0.2, 0.25) is 0 Å². The number of halogens is 1. The molecule has 0 aromatic heterocycles. The van der Waals surface area contributed by atoms with E-state index in [2.05, 4.69) is 5.16 Å². The van der Waals surface area contributed by atoms with E-state index in [-0.39, 0.29) is 11.7 Å². The number of hydrogen-bond acceptors (Lipinski definition) is 4. The molecule has 0 saturated carbocycles. The van der Waals surface area contributed by atoms with Gasteiger partial charge in [-0.1, -0.05) is 11.2 Å². The van der Waals surface area contributed by atoms with Gasteiger partial charge in [0, 0.05) is 4.90 Å². The Labute approximate surface area is 126 Å². The second-order valence-corrected chi connectivity index (χ2v) is 5.18. The number of nitrogens with two attached hydrogens (primary N) is 1. The lowest BCUT2D eigenvalue weighted by molar-refractivity contribution is 0.318. The van der Waals surface area contributed by atoms with Crippen LogP contribution in [0.1, 0.15) is 11.1 Å². The highest BCUT2D eigenvalue weighted by Crippen LogP contribution is 2.33. The lowest BCUT2D eigenvalue weighted by Crippen LogP contribution is -2.15. The minimum Gasteiger partial charge on any atom is -0.456 e. The summed E-state index contributed by atoms with van der Waals surface area (Å²) in [4.78, 5) is 0.822. The molecule has 110 valence electrons. The van der Waals surface area contributed by atoms with Gasteiger partial charge < -0.3 is 15.7 Å². The molecule has 3 N–H and O–H groups in total. The fourth-order valence-corrected chi connectivity index (χ4v) is 2.54. The van der Waals surface area contributed by atoms with Gasteiger partial charge in [-0.3, -0.25) is 0 Å². The second kappa shape index (κ2) is 6.49. The lowest BCUT2D eigenvalue weighted by Gasteiger charge is -2.14. The zero-order valence-electron chi connectivity index (χ0n) is 11.6. The van der Waals surface area contributed by atoms with Gasteiger partial charge in [-0.05, 0) is 49.1 Å². The van der Waals surface area contributed by atoms with E-state index in [4.69, 9.17) is 15.7 Å². The summed E-state index contributed by atoms with van der Waals surface area (Å²) in [7, 11) is 0. The highest BCUT2D eigenvalue weighted by Gasteiger charge is 2.15. The molecule has 0 atom stereocenters. The Morgan fingerprint density at radius 2 is 2.05 bits per heavy atom. The van der Waals surface area contributed by atoms with Crippen LogP contribution in [-0.2, 0) is 0 Å². The number of aryl methyl sites for hydroxylation is 1. The summed E-state index contributed by atoms with van der Waals surface area (Å²) in [5, 5.41) is 12.0. The maximum absolute atomic E-state index is 13.1. The monoisotopic (exact) mass is 306 g/mol. The molecule has 2 aromatic carbocycles. The van der Waals surface area contributed by atoms with Crippen LogP contribution in [0.2, 0.25) is 0 Å². The first-order chi connectivity index (χ1) is 10.1. The third-order valence-electron chi connectivity index (χ3n) is 2.93. The molecule has 0 fully saturated rings. The van der Waals surface area contributed by atoms with Crippen LogP contribution in [0.5, 0.6) is 11.5 Å². The Kier molecular flexibility index (Phi) is 4.70. The molecule has 0 amide bonds. The van der Waals surface area contributed by atoms with E-state index in [1.54, 1.807) is 19.1 Å².